The van der Waals surface area contributed by atoms with Crippen LogP contribution in [0.25, 0.3) is 44.6 Å². The highest BCUT2D eigenvalue weighted by Gasteiger charge is 2.45. The summed E-state index contributed by atoms with van der Waals surface area (Å²) in [4.78, 5) is 10.1. The molecule has 12 rings (SSSR count). The quantitative estimate of drug-likeness (QED) is 0.161. The van der Waals surface area contributed by atoms with E-state index in [0.717, 1.165) is 22.5 Å². The summed E-state index contributed by atoms with van der Waals surface area (Å²) in [6.45, 7) is 16.0. The molecule has 0 fully saturated rings. The first kappa shape index (κ1) is 43.5. The summed E-state index contributed by atoms with van der Waals surface area (Å²) in [5.41, 5.74) is 20.4. The molecule has 3 N–H and O–H groups in total. The summed E-state index contributed by atoms with van der Waals surface area (Å²) >= 11 is 0. The molecule has 1 aromatic heterocycles. The van der Waals surface area contributed by atoms with Crippen molar-refractivity contribution in [2.45, 2.75) is 71.5 Å². The van der Waals surface area contributed by atoms with Crippen molar-refractivity contribution in [2.24, 2.45) is 4.99 Å². The van der Waals surface area contributed by atoms with Crippen molar-refractivity contribution in [1.82, 2.24) is 20.9 Å². The van der Waals surface area contributed by atoms with Crippen LogP contribution in [-0.2, 0) is 10.8 Å². The van der Waals surface area contributed by atoms with E-state index in [1.54, 1.807) is 0 Å². The third kappa shape index (κ3) is 7.67. The number of rotatable bonds is 5. The zero-order chi connectivity index (χ0) is 46.3. The number of aromatic nitrogens is 1. The summed E-state index contributed by atoms with van der Waals surface area (Å²) < 4.78 is 0. The first-order chi connectivity index (χ1) is 32.7. The van der Waals surface area contributed by atoms with Gasteiger partial charge in [-0.2, -0.15) is 0 Å². The zero-order valence-electron chi connectivity index (χ0n) is 39.7. The molecule has 3 heterocycles. The number of hydrogen-bond acceptors (Lipinski definition) is 5. The third-order valence-corrected chi connectivity index (χ3v) is 14.1. The van der Waals surface area contributed by atoms with Crippen molar-refractivity contribution >= 4 is 27.9 Å². The molecule has 332 valence electrons. The van der Waals surface area contributed by atoms with Crippen molar-refractivity contribution in [2.75, 3.05) is 6.67 Å². The molecule has 8 aromatic rings. The van der Waals surface area contributed by atoms with Gasteiger partial charge in [-0.1, -0.05) is 217 Å². The Morgan fingerprint density at radius 2 is 1.07 bits per heavy atom. The van der Waals surface area contributed by atoms with Crippen LogP contribution in [0.1, 0.15) is 98.3 Å². The Labute approximate surface area is 396 Å². The van der Waals surface area contributed by atoms with E-state index in [4.69, 9.17) is 9.98 Å². The van der Waals surface area contributed by atoms with E-state index in [1.165, 1.54) is 83.4 Å². The Morgan fingerprint density at radius 3 is 1.72 bits per heavy atom. The number of hydrogen-bond donors (Lipinski definition) is 3. The van der Waals surface area contributed by atoms with Crippen molar-refractivity contribution in [3.8, 4) is 22.4 Å². The van der Waals surface area contributed by atoms with Gasteiger partial charge in [-0.25, -0.2) is 0 Å². The van der Waals surface area contributed by atoms with Gasteiger partial charge in [0.15, 0.2) is 0 Å². The van der Waals surface area contributed by atoms with E-state index in [-0.39, 0.29) is 23.0 Å². The molecular weight excluding hydrogens is 815 g/mol. The second-order valence-electron chi connectivity index (χ2n) is 18.7. The molecule has 4 aliphatic rings. The van der Waals surface area contributed by atoms with E-state index >= 15 is 0 Å². The Hall–Kier alpha value is -7.34. The number of pyridine rings is 1. The maximum atomic E-state index is 5.09. The summed E-state index contributed by atoms with van der Waals surface area (Å²) in [6, 6.07) is 65.4. The molecule has 0 saturated carbocycles. The monoisotopic (exact) mass is 873 g/mol. The average Bonchev–Trinajstić information content (AvgIpc) is 3.77. The fourth-order valence-electron chi connectivity index (χ4n) is 10.8. The molecule has 0 spiro atoms. The molecule has 0 radical (unpaired) electrons. The van der Waals surface area contributed by atoms with Crippen LogP contribution >= 0.6 is 0 Å². The van der Waals surface area contributed by atoms with Gasteiger partial charge in [0.2, 0.25) is 0 Å². The number of benzene rings is 7. The predicted octanol–water partition coefficient (Wildman–Crippen LogP) is 14.3. The van der Waals surface area contributed by atoms with Gasteiger partial charge in [0.1, 0.15) is 12.8 Å². The highest BCUT2D eigenvalue weighted by atomic mass is 15.2. The van der Waals surface area contributed by atoms with E-state index < -0.39 is 0 Å². The Balaban J connectivity index is 0.000000531. The normalized spacial score (nSPS) is 18.1. The van der Waals surface area contributed by atoms with Crippen molar-refractivity contribution in [3.05, 3.63) is 244 Å². The van der Waals surface area contributed by atoms with Gasteiger partial charge in [0, 0.05) is 56.2 Å². The van der Waals surface area contributed by atoms with Crippen LogP contribution in [0.4, 0.5) is 0 Å². The molecule has 2 aliphatic carbocycles. The van der Waals surface area contributed by atoms with E-state index in [0.29, 0.717) is 6.67 Å². The van der Waals surface area contributed by atoms with Crippen molar-refractivity contribution in [1.29, 1.82) is 0 Å². The van der Waals surface area contributed by atoms with Crippen LogP contribution in [0.3, 0.4) is 0 Å². The van der Waals surface area contributed by atoms with E-state index in [1.807, 2.05) is 38.2 Å². The molecule has 2 unspecified atom stereocenters. The molecule has 7 aromatic carbocycles. The molecule has 67 heavy (non-hydrogen) atoms. The van der Waals surface area contributed by atoms with Crippen LogP contribution in [-0.4, -0.2) is 17.4 Å². The minimum atomic E-state index is -0.158. The fraction of sp³-hybridized carbons (Fsp3) is 0.194. The largest absolute Gasteiger partial charge is 0.365 e. The predicted molar refractivity (Wildman–Crippen MR) is 281 cm³/mol. The van der Waals surface area contributed by atoms with Crippen LogP contribution in [0, 0.1) is 6.92 Å². The van der Waals surface area contributed by atoms with Gasteiger partial charge in [-0.05, 0) is 68.8 Å². The number of fused-ring (bicyclic) bond motifs is 5. The lowest BCUT2D eigenvalue weighted by Crippen LogP contribution is -2.43. The number of aryl methyl sites for hydroxylation is 1. The summed E-state index contributed by atoms with van der Waals surface area (Å²) in [6.07, 6.45) is 1.99. The number of nitrogens with one attached hydrogen (secondary N) is 3. The second-order valence-corrected chi connectivity index (χ2v) is 18.7. The average molecular weight is 874 g/mol. The van der Waals surface area contributed by atoms with Gasteiger partial charge >= 0.3 is 0 Å². The van der Waals surface area contributed by atoms with Crippen LogP contribution in [0.2, 0.25) is 0 Å². The molecule has 0 saturated heterocycles. The maximum Gasteiger partial charge on any atom is 0.108 e. The highest BCUT2D eigenvalue weighted by Crippen LogP contribution is 2.53. The summed E-state index contributed by atoms with van der Waals surface area (Å²) in [5.74, 6) is 0. The highest BCUT2D eigenvalue weighted by molar-refractivity contribution is 6.20. The Kier molecular flexibility index (Phi) is 11.6. The number of aliphatic imine (C=N–C) groups is 1. The number of allylic oxidation sites excluding steroid dienone is 1. The standard InChI is InChI=1S/C53H45N5.C7H8.C2H6/c1-52(2)42-20-12-10-18-40(42)49-45(52)47(55-31-56-49)35-26-29-44(54-30-35)39-28-27-36(37-16-8-9-17-38(37)39)32-22-24-33(25-23-32)48-46-50(41-19-11-13-21-43(41)53(46,3)4)58-51(57-48)34-14-6-5-7-15-34;1-7-5-3-2-4-6-7;1-2/h5-30,48,51,56-58H,31H2,1-4H3;2-6H,1H3;1-2H3. The van der Waals surface area contributed by atoms with E-state index in [9.17, 15) is 0 Å². The SMILES string of the molecule is CC.CC1(C)C2=C(NCN=C2c2ccc(-c3ccc(-c4ccc(C5NC(c6ccccc6)NC6=C5C(C)(C)c5ccccc56)cc4)c4ccccc34)nc2)c2ccccc21.Cc1ccccc1. The summed E-state index contributed by atoms with van der Waals surface area (Å²) in [5, 5.41) is 13.9. The van der Waals surface area contributed by atoms with Gasteiger partial charge < -0.3 is 10.6 Å². The molecule has 2 atom stereocenters. The topological polar surface area (TPSA) is 61.3 Å². The molecule has 5 nitrogen and oxygen atoms in total. The maximum absolute atomic E-state index is 5.09. The lowest BCUT2D eigenvalue weighted by atomic mass is 9.76. The molecule has 0 bridgehead atoms. The smallest absolute Gasteiger partial charge is 0.108 e. The van der Waals surface area contributed by atoms with Gasteiger partial charge in [0.05, 0.1) is 17.4 Å². The first-order valence-corrected chi connectivity index (χ1v) is 23.8. The lowest BCUT2D eigenvalue weighted by molar-refractivity contribution is 0.398. The van der Waals surface area contributed by atoms with Gasteiger partial charge in [-0.15, -0.1) is 0 Å². The molecular formula is C62H59N5. The minimum Gasteiger partial charge on any atom is -0.365 e. The van der Waals surface area contributed by atoms with Gasteiger partial charge in [-0.3, -0.25) is 15.3 Å². The van der Waals surface area contributed by atoms with Crippen LogP contribution < -0.4 is 16.0 Å². The number of nitrogens with zero attached hydrogens (tertiary/aromatic N) is 2. The van der Waals surface area contributed by atoms with Crippen LogP contribution in [0.15, 0.2) is 204 Å². The minimum absolute atomic E-state index is 0.0142. The summed E-state index contributed by atoms with van der Waals surface area (Å²) in [7, 11) is 0. The lowest BCUT2D eigenvalue weighted by Gasteiger charge is -2.39. The van der Waals surface area contributed by atoms with Crippen molar-refractivity contribution < 1.29 is 0 Å². The first-order valence-electron chi connectivity index (χ1n) is 23.8. The second kappa shape index (κ2) is 17.8. The van der Waals surface area contributed by atoms with E-state index in [2.05, 4.69) is 214 Å². The molecule has 5 heteroatoms. The van der Waals surface area contributed by atoms with Gasteiger partial charge in [0.25, 0.3) is 0 Å². The Morgan fingerprint density at radius 1 is 0.507 bits per heavy atom. The zero-order valence-corrected chi connectivity index (χ0v) is 39.7. The third-order valence-electron chi connectivity index (χ3n) is 14.1. The van der Waals surface area contributed by atoms with Crippen LogP contribution in [0.5, 0.6) is 0 Å². The molecule has 2 aliphatic heterocycles. The fourth-order valence-corrected chi connectivity index (χ4v) is 10.8. The molecule has 0 amide bonds. The Bertz CT molecular complexity index is 3190. The van der Waals surface area contributed by atoms with Crippen molar-refractivity contribution in [3.63, 3.8) is 0 Å².